The number of hydrogen-bond donors (Lipinski definition) is 1. The van der Waals surface area contributed by atoms with E-state index in [1.807, 2.05) is 13.8 Å². The van der Waals surface area contributed by atoms with E-state index < -0.39 is 10.0 Å². The first-order valence-electron chi connectivity index (χ1n) is 12.0. The topological polar surface area (TPSA) is 85.8 Å². The number of amides is 1. The van der Waals surface area contributed by atoms with Gasteiger partial charge in [0.2, 0.25) is 10.0 Å². The molecule has 1 aliphatic heterocycles. The van der Waals surface area contributed by atoms with Crippen molar-refractivity contribution in [2.24, 2.45) is 0 Å². The second-order valence-electron chi connectivity index (χ2n) is 8.67. The third-order valence-electron chi connectivity index (χ3n) is 6.35. The van der Waals surface area contributed by atoms with Crippen molar-refractivity contribution in [1.82, 2.24) is 19.5 Å². The molecule has 0 atom stereocenters. The van der Waals surface area contributed by atoms with E-state index in [0.29, 0.717) is 25.2 Å². The summed E-state index contributed by atoms with van der Waals surface area (Å²) in [5.74, 6) is -0.194. The molecule has 8 nitrogen and oxygen atoms in total. The molecule has 0 saturated carbocycles. The van der Waals surface area contributed by atoms with Gasteiger partial charge in [-0.2, -0.15) is 4.31 Å². The van der Waals surface area contributed by atoms with E-state index in [1.54, 1.807) is 23.5 Å². The van der Waals surface area contributed by atoms with E-state index in [4.69, 9.17) is 4.98 Å². The molecule has 4 rings (SSSR count). The second-order valence-corrected chi connectivity index (χ2v) is 11.6. The lowest BCUT2D eigenvalue weighted by Gasteiger charge is -2.34. The number of aryl methyl sites for hydroxylation is 1. The second kappa shape index (κ2) is 11.0. The molecule has 1 N–H and O–H groups in total. The summed E-state index contributed by atoms with van der Waals surface area (Å²) in [6, 6.07) is 12.5. The number of thiazole rings is 1. The van der Waals surface area contributed by atoms with E-state index in [0.717, 1.165) is 43.4 Å². The third-order valence-corrected chi connectivity index (χ3v) is 9.49. The van der Waals surface area contributed by atoms with Crippen LogP contribution in [0, 0.1) is 6.92 Å². The molecule has 0 aliphatic carbocycles. The summed E-state index contributed by atoms with van der Waals surface area (Å²) in [4.78, 5) is 22.2. The molecule has 10 heteroatoms. The van der Waals surface area contributed by atoms with Crippen molar-refractivity contribution in [2.75, 3.05) is 57.3 Å². The average Bonchev–Trinajstić information content (AvgIpc) is 3.28. The van der Waals surface area contributed by atoms with Crippen molar-refractivity contribution in [3.63, 3.8) is 0 Å². The van der Waals surface area contributed by atoms with Crippen molar-refractivity contribution in [3.05, 3.63) is 53.6 Å². The lowest BCUT2D eigenvalue weighted by atomic mass is 10.2. The minimum Gasteiger partial charge on any atom is -0.351 e. The molecular formula is C25H33N5O3S2. The fraction of sp³-hybridized carbons (Fsp3) is 0.440. The summed E-state index contributed by atoms with van der Waals surface area (Å²) in [6.45, 7) is 11.5. The Morgan fingerprint density at radius 1 is 1.06 bits per heavy atom. The lowest BCUT2D eigenvalue weighted by molar-refractivity contribution is 0.0947. The van der Waals surface area contributed by atoms with Crippen molar-refractivity contribution in [3.8, 4) is 0 Å². The van der Waals surface area contributed by atoms with Gasteiger partial charge in [-0.05, 0) is 48.9 Å². The molecule has 0 spiro atoms. The summed E-state index contributed by atoms with van der Waals surface area (Å²) in [7, 11) is -3.52. The largest absolute Gasteiger partial charge is 0.351 e. The van der Waals surface area contributed by atoms with E-state index in [1.165, 1.54) is 26.7 Å². The van der Waals surface area contributed by atoms with Crippen LogP contribution in [0.15, 0.2) is 47.4 Å². The fourth-order valence-corrected chi connectivity index (χ4v) is 6.81. The van der Waals surface area contributed by atoms with Crippen LogP contribution in [0.5, 0.6) is 0 Å². The predicted octanol–water partition coefficient (Wildman–Crippen LogP) is 3.19. The predicted molar refractivity (Wildman–Crippen MR) is 142 cm³/mol. The van der Waals surface area contributed by atoms with Crippen molar-refractivity contribution >= 4 is 42.6 Å². The molecule has 1 amide bonds. The standard InChI is InChI=1S/C25H33N5O3S2/c1-4-30(5-2)35(32,33)21-9-7-20(8-10-21)24(31)26-12-13-28-14-16-29(17-15-28)25-27-22-11-6-19(3)18-23(22)34-25/h6-11,18H,4-5,12-17H2,1-3H3,(H,26,31). The molecular weight excluding hydrogens is 482 g/mol. The Morgan fingerprint density at radius 3 is 2.40 bits per heavy atom. The number of rotatable bonds is 9. The molecule has 2 heterocycles. The summed E-state index contributed by atoms with van der Waals surface area (Å²) in [5.41, 5.74) is 2.76. The molecule has 1 aromatic heterocycles. The van der Waals surface area contributed by atoms with E-state index in [9.17, 15) is 13.2 Å². The number of carbonyl (C=O) groups excluding carboxylic acids is 1. The molecule has 2 aromatic carbocycles. The monoisotopic (exact) mass is 515 g/mol. The first-order valence-corrected chi connectivity index (χ1v) is 14.3. The number of hydrogen-bond acceptors (Lipinski definition) is 7. The number of sulfonamides is 1. The molecule has 1 aliphatic rings. The van der Waals surface area contributed by atoms with E-state index in [-0.39, 0.29) is 10.8 Å². The number of fused-ring (bicyclic) bond motifs is 1. The highest BCUT2D eigenvalue weighted by atomic mass is 32.2. The van der Waals surface area contributed by atoms with Gasteiger partial charge >= 0.3 is 0 Å². The van der Waals surface area contributed by atoms with Crippen molar-refractivity contribution in [1.29, 1.82) is 0 Å². The number of nitrogens with zero attached hydrogens (tertiary/aromatic N) is 4. The van der Waals surface area contributed by atoms with Gasteiger partial charge in [0.25, 0.3) is 5.91 Å². The number of piperazine rings is 1. The normalized spacial score (nSPS) is 15.1. The molecule has 35 heavy (non-hydrogen) atoms. The number of anilines is 1. The summed E-state index contributed by atoms with van der Waals surface area (Å²) in [6.07, 6.45) is 0. The lowest BCUT2D eigenvalue weighted by Crippen LogP contribution is -2.48. The fourth-order valence-electron chi connectivity index (χ4n) is 4.24. The highest BCUT2D eigenvalue weighted by Crippen LogP contribution is 2.30. The van der Waals surface area contributed by atoms with Gasteiger partial charge in [-0.25, -0.2) is 13.4 Å². The van der Waals surface area contributed by atoms with Gasteiger partial charge in [-0.15, -0.1) is 0 Å². The Bertz CT molecular complexity index is 1260. The zero-order chi connectivity index (χ0) is 25.0. The van der Waals surface area contributed by atoms with Crippen LogP contribution < -0.4 is 10.2 Å². The van der Waals surface area contributed by atoms with Crippen LogP contribution in [0.2, 0.25) is 0 Å². The maximum absolute atomic E-state index is 12.6. The minimum absolute atomic E-state index is 0.194. The molecule has 1 saturated heterocycles. The Hall–Kier alpha value is -2.53. The third kappa shape index (κ3) is 5.83. The van der Waals surface area contributed by atoms with Crippen LogP contribution >= 0.6 is 11.3 Å². The Labute approximate surface area is 211 Å². The van der Waals surface area contributed by atoms with Crippen LogP contribution in [0.1, 0.15) is 29.8 Å². The van der Waals surface area contributed by atoms with Crippen molar-refractivity contribution < 1.29 is 13.2 Å². The minimum atomic E-state index is -3.52. The SMILES string of the molecule is CCN(CC)S(=O)(=O)c1ccc(C(=O)NCCN2CCN(c3nc4ccc(C)cc4s3)CC2)cc1. The quantitative estimate of drug-likeness (QED) is 0.471. The maximum atomic E-state index is 12.6. The average molecular weight is 516 g/mol. The van der Waals surface area contributed by atoms with Gasteiger partial charge in [-0.3, -0.25) is 9.69 Å². The molecule has 188 valence electrons. The van der Waals surface area contributed by atoms with Gasteiger partial charge in [0, 0.05) is 57.9 Å². The zero-order valence-corrected chi connectivity index (χ0v) is 22.2. The van der Waals surface area contributed by atoms with E-state index >= 15 is 0 Å². The van der Waals surface area contributed by atoms with E-state index in [2.05, 4.69) is 40.2 Å². The highest BCUT2D eigenvalue weighted by Gasteiger charge is 2.22. The molecule has 3 aromatic rings. The van der Waals surface area contributed by atoms with Crippen molar-refractivity contribution in [2.45, 2.75) is 25.7 Å². The molecule has 0 bridgehead atoms. The van der Waals surface area contributed by atoms with Crippen LogP contribution in [-0.2, 0) is 10.0 Å². The molecule has 0 radical (unpaired) electrons. The highest BCUT2D eigenvalue weighted by molar-refractivity contribution is 7.89. The van der Waals surface area contributed by atoms with Gasteiger partial charge in [0.1, 0.15) is 0 Å². The Kier molecular flexibility index (Phi) is 8.05. The first kappa shape index (κ1) is 25.6. The Morgan fingerprint density at radius 2 is 1.74 bits per heavy atom. The Balaban J connectivity index is 1.24. The van der Waals surface area contributed by atoms with Gasteiger partial charge in [-0.1, -0.05) is 31.3 Å². The first-order chi connectivity index (χ1) is 16.8. The van der Waals surface area contributed by atoms with Crippen LogP contribution in [0.3, 0.4) is 0 Å². The molecule has 1 fully saturated rings. The zero-order valence-electron chi connectivity index (χ0n) is 20.5. The molecule has 0 unspecified atom stereocenters. The summed E-state index contributed by atoms with van der Waals surface area (Å²) < 4.78 is 27.8. The van der Waals surface area contributed by atoms with Crippen LogP contribution in [0.25, 0.3) is 10.2 Å². The number of aromatic nitrogens is 1. The number of benzene rings is 2. The summed E-state index contributed by atoms with van der Waals surface area (Å²) in [5, 5.41) is 4.03. The van der Waals surface area contributed by atoms with Gasteiger partial charge in [0.15, 0.2) is 5.13 Å². The number of nitrogens with one attached hydrogen (secondary N) is 1. The smallest absolute Gasteiger partial charge is 0.251 e. The van der Waals surface area contributed by atoms with Gasteiger partial charge in [0.05, 0.1) is 15.1 Å². The van der Waals surface area contributed by atoms with Crippen LogP contribution in [0.4, 0.5) is 5.13 Å². The van der Waals surface area contributed by atoms with Crippen LogP contribution in [-0.4, -0.2) is 80.9 Å². The number of carbonyl (C=O) groups is 1. The van der Waals surface area contributed by atoms with Gasteiger partial charge < -0.3 is 10.2 Å². The maximum Gasteiger partial charge on any atom is 0.251 e. The summed E-state index contributed by atoms with van der Waals surface area (Å²) >= 11 is 1.74.